The van der Waals surface area contributed by atoms with Gasteiger partial charge in [0.25, 0.3) is 0 Å². The molecule has 4 nitrogen and oxygen atoms in total. The number of hydrogen-bond acceptors (Lipinski definition) is 2. The molecule has 1 atom stereocenters. The first-order valence-electron chi connectivity index (χ1n) is 6.38. The molecule has 4 heteroatoms. The lowest BCUT2D eigenvalue weighted by Crippen LogP contribution is -2.46. The van der Waals surface area contributed by atoms with Crippen molar-refractivity contribution in [2.45, 2.75) is 33.1 Å². The van der Waals surface area contributed by atoms with Gasteiger partial charge < -0.3 is 15.0 Å². The number of hydrogen-bond donors (Lipinski definition) is 1. The number of carbonyl (C=O) groups is 1. The Hall–Kier alpha value is -0.770. The second-order valence-corrected chi connectivity index (χ2v) is 4.35. The van der Waals surface area contributed by atoms with Crippen molar-refractivity contribution >= 4 is 6.03 Å². The van der Waals surface area contributed by atoms with Gasteiger partial charge in [-0.25, -0.2) is 4.79 Å². The fourth-order valence-corrected chi connectivity index (χ4v) is 2.01. The second kappa shape index (κ2) is 7.49. The Bertz CT molecular complexity index is 209. The van der Waals surface area contributed by atoms with Crippen LogP contribution in [0.4, 0.5) is 4.79 Å². The Morgan fingerprint density at radius 1 is 1.50 bits per heavy atom. The van der Waals surface area contributed by atoms with E-state index in [1.165, 1.54) is 6.42 Å². The van der Waals surface area contributed by atoms with Crippen LogP contribution in [0.2, 0.25) is 0 Å². The first-order valence-corrected chi connectivity index (χ1v) is 6.38. The third-order valence-corrected chi connectivity index (χ3v) is 2.89. The Morgan fingerprint density at radius 3 is 3.00 bits per heavy atom. The van der Waals surface area contributed by atoms with E-state index in [1.807, 2.05) is 11.8 Å². The number of ether oxygens (including phenoxy) is 1. The molecule has 2 amide bonds. The van der Waals surface area contributed by atoms with Crippen molar-refractivity contribution in [3.05, 3.63) is 0 Å². The van der Waals surface area contributed by atoms with Gasteiger partial charge in [-0.2, -0.15) is 0 Å². The fraction of sp³-hybridized carbons (Fsp3) is 0.917. The first-order chi connectivity index (χ1) is 7.77. The van der Waals surface area contributed by atoms with E-state index in [1.54, 1.807) is 0 Å². The van der Waals surface area contributed by atoms with Crippen molar-refractivity contribution in [1.82, 2.24) is 10.2 Å². The van der Waals surface area contributed by atoms with Gasteiger partial charge in [0.05, 0.1) is 6.61 Å². The highest BCUT2D eigenvalue weighted by molar-refractivity contribution is 5.74. The van der Waals surface area contributed by atoms with E-state index in [9.17, 15) is 4.79 Å². The van der Waals surface area contributed by atoms with Gasteiger partial charge in [-0.05, 0) is 26.2 Å². The monoisotopic (exact) mass is 228 g/mol. The van der Waals surface area contributed by atoms with Gasteiger partial charge in [0.1, 0.15) is 0 Å². The molecular weight excluding hydrogens is 204 g/mol. The smallest absolute Gasteiger partial charge is 0.317 e. The third-order valence-electron chi connectivity index (χ3n) is 2.89. The minimum Gasteiger partial charge on any atom is -0.381 e. The molecule has 1 aliphatic heterocycles. The molecule has 94 valence electrons. The van der Waals surface area contributed by atoms with E-state index in [0.29, 0.717) is 5.92 Å². The molecule has 16 heavy (non-hydrogen) atoms. The molecule has 1 rings (SSSR count). The van der Waals surface area contributed by atoms with E-state index < -0.39 is 0 Å². The normalized spacial score (nSPS) is 20.9. The molecule has 0 radical (unpaired) electrons. The van der Waals surface area contributed by atoms with Crippen LogP contribution in [0.5, 0.6) is 0 Å². The predicted octanol–water partition coefficient (Wildman–Crippen LogP) is 1.85. The zero-order valence-electron chi connectivity index (χ0n) is 10.5. The number of urea groups is 1. The van der Waals surface area contributed by atoms with Crippen molar-refractivity contribution in [3.8, 4) is 0 Å². The lowest BCUT2D eigenvalue weighted by Gasteiger charge is -2.32. The average Bonchev–Trinajstić information content (AvgIpc) is 2.33. The maximum atomic E-state index is 11.8. The molecule has 1 aliphatic rings. The molecule has 0 aromatic carbocycles. The molecule has 1 saturated heterocycles. The van der Waals surface area contributed by atoms with Gasteiger partial charge in [0, 0.05) is 32.2 Å². The number of rotatable bonds is 5. The number of carbonyl (C=O) groups excluding carboxylic acids is 1. The Labute approximate surface area is 98.3 Å². The molecule has 1 unspecified atom stereocenters. The quantitative estimate of drug-likeness (QED) is 0.780. The third kappa shape index (κ3) is 4.39. The van der Waals surface area contributed by atoms with Crippen molar-refractivity contribution in [2.75, 3.05) is 32.8 Å². The van der Waals surface area contributed by atoms with Gasteiger partial charge in [0.2, 0.25) is 0 Å². The van der Waals surface area contributed by atoms with Crippen molar-refractivity contribution in [3.63, 3.8) is 0 Å². The van der Waals surface area contributed by atoms with E-state index in [4.69, 9.17) is 4.74 Å². The summed E-state index contributed by atoms with van der Waals surface area (Å²) in [4.78, 5) is 13.7. The molecule has 0 aromatic rings. The van der Waals surface area contributed by atoms with E-state index >= 15 is 0 Å². The maximum Gasteiger partial charge on any atom is 0.317 e. The van der Waals surface area contributed by atoms with Crippen LogP contribution in [-0.4, -0.2) is 43.8 Å². The summed E-state index contributed by atoms with van der Waals surface area (Å²) in [6.07, 6.45) is 3.26. The fourth-order valence-electron chi connectivity index (χ4n) is 2.01. The van der Waals surface area contributed by atoms with Crippen LogP contribution < -0.4 is 5.32 Å². The van der Waals surface area contributed by atoms with Crippen LogP contribution in [-0.2, 0) is 4.74 Å². The van der Waals surface area contributed by atoms with Gasteiger partial charge in [-0.3, -0.25) is 0 Å². The lowest BCUT2D eigenvalue weighted by molar-refractivity contribution is 0.0756. The molecule has 0 spiro atoms. The maximum absolute atomic E-state index is 11.8. The SMILES string of the molecule is CCCNC(=O)N1CCCC(COCC)C1. The summed E-state index contributed by atoms with van der Waals surface area (Å²) in [5.74, 6) is 0.515. The zero-order chi connectivity index (χ0) is 11.8. The van der Waals surface area contributed by atoms with Gasteiger partial charge >= 0.3 is 6.03 Å². The average molecular weight is 228 g/mol. The van der Waals surface area contributed by atoms with Gasteiger partial charge in [-0.1, -0.05) is 6.92 Å². The number of likely N-dealkylation sites (tertiary alicyclic amines) is 1. The van der Waals surface area contributed by atoms with Crippen LogP contribution in [0.15, 0.2) is 0 Å². The van der Waals surface area contributed by atoms with Crippen LogP contribution in [0.1, 0.15) is 33.1 Å². The largest absolute Gasteiger partial charge is 0.381 e. The van der Waals surface area contributed by atoms with E-state index in [0.717, 1.165) is 45.7 Å². The number of amides is 2. The number of nitrogens with zero attached hydrogens (tertiary/aromatic N) is 1. The van der Waals surface area contributed by atoms with Crippen LogP contribution in [0.3, 0.4) is 0 Å². The van der Waals surface area contributed by atoms with Crippen LogP contribution in [0.25, 0.3) is 0 Å². The number of piperidine rings is 1. The molecular formula is C12H24N2O2. The summed E-state index contributed by atoms with van der Waals surface area (Å²) < 4.78 is 5.42. The zero-order valence-corrected chi connectivity index (χ0v) is 10.5. The van der Waals surface area contributed by atoms with Gasteiger partial charge in [0.15, 0.2) is 0 Å². The lowest BCUT2D eigenvalue weighted by atomic mass is 9.99. The van der Waals surface area contributed by atoms with Crippen molar-refractivity contribution < 1.29 is 9.53 Å². The summed E-state index contributed by atoms with van der Waals surface area (Å²) in [5, 5.41) is 2.92. The van der Waals surface area contributed by atoms with Crippen LogP contribution >= 0.6 is 0 Å². The Kier molecular flexibility index (Phi) is 6.23. The summed E-state index contributed by atoms with van der Waals surface area (Å²) in [5.41, 5.74) is 0. The first kappa shape index (κ1) is 13.3. The predicted molar refractivity (Wildman–Crippen MR) is 64.5 cm³/mol. The molecule has 0 saturated carbocycles. The molecule has 0 bridgehead atoms. The molecule has 1 N–H and O–H groups in total. The molecule has 0 aromatic heterocycles. The second-order valence-electron chi connectivity index (χ2n) is 4.35. The summed E-state index contributed by atoms with van der Waals surface area (Å²) in [6.45, 7) is 8.12. The van der Waals surface area contributed by atoms with Crippen molar-refractivity contribution in [2.24, 2.45) is 5.92 Å². The van der Waals surface area contributed by atoms with Gasteiger partial charge in [-0.15, -0.1) is 0 Å². The minimum absolute atomic E-state index is 0.0862. The van der Waals surface area contributed by atoms with Crippen LogP contribution in [0, 0.1) is 5.92 Å². The highest BCUT2D eigenvalue weighted by Crippen LogP contribution is 2.16. The van der Waals surface area contributed by atoms with E-state index in [2.05, 4.69) is 12.2 Å². The minimum atomic E-state index is 0.0862. The summed E-state index contributed by atoms with van der Waals surface area (Å²) in [6, 6.07) is 0.0862. The highest BCUT2D eigenvalue weighted by atomic mass is 16.5. The molecule has 0 aliphatic carbocycles. The topological polar surface area (TPSA) is 41.6 Å². The number of nitrogens with one attached hydrogen (secondary N) is 1. The summed E-state index contributed by atoms with van der Waals surface area (Å²) in [7, 11) is 0. The van der Waals surface area contributed by atoms with Crippen molar-refractivity contribution in [1.29, 1.82) is 0 Å². The molecule has 1 fully saturated rings. The standard InChI is InChI=1S/C12H24N2O2/c1-3-7-13-12(15)14-8-5-6-11(9-14)10-16-4-2/h11H,3-10H2,1-2H3,(H,13,15). The van der Waals surface area contributed by atoms with E-state index in [-0.39, 0.29) is 6.03 Å². The highest BCUT2D eigenvalue weighted by Gasteiger charge is 2.23. The molecule has 1 heterocycles. The Morgan fingerprint density at radius 2 is 2.31 bits per heavy atom. The summed E-state index contributed by atoms with van der Waals surface area (Å²) >= 11 is 0. The Balaban J connectivity index is 2.28.